The summed E-state index contributed by atoms with van der Waals surface area (Å²) in [5.41, 5.74) is 2.11. The van der Waals surface area contributed by atoms with Crippen LogP contribution in [-0.2, 0) is 4.74 Å². The van der Waals surface area contributed by atoms with Gasteiger partial charge in [0, 0.05) is 10.9 Å². The molecule has 2 N–H and O–H groups in total. The van der Waals surface area contributed by atoms with Crippen molar-refractivity contribution in [2.75, 3.05) is 12.4 Å². The lowest BCUT2D eigenvalue weighted by atomic mass is 10.1. The van der Waals surface area contributed by atoms with Crippen molar-refractivity contribution < 1.29 is 18.7 Å². The van der Waals surface area contributed by atoms with Crippen molar-refractivity contribution in [1.29, 1.82) is 0 Å². The number of rotatable bonds is 3. The lowest BCUT2D eigenvalue weighted by Gasteiger charge is -2.12. The summed E-state index contributed by atoms with van der Waals surface area (Å²) in [5.74, 6) is -0.779. The van der Waals surface area contributed by atoms with Gasteiger partial charge in [-0.1, -0.05) is 30.3 Å². The molecular weight excluding hydrogens is 352 g/mol. The summed E-state index contributed by atoms with van der Waals surface area (Å²) < 4.78 is 10.4. The van der Waals surface area contributed by atoms with E-state index in [0.717, 1.165) is 10.9 Å². The van der Waals surface area contributed by atoms with Crippen LogP contribution in [0.2, 0.25) is 0 Å². The standard InChI is InChI=1S/C19H16N2O4S/c1-11-12-7-4-6-10-15(12)25-16(11)17(22)21-19(26)20-14-9-5-3-8-13(14)18(23)24-2/h3-10H,1-2H3,(H2,20,21,22,26). The van der Waals surface area contributed by atoms with Gasteiger partial charge in [0.2, 0.25) is 0 Å². The van der Waals surface area contributed by atoms with Crippen LogP contribution in [-0.4, -0.2) is 24.1 Å². The summed E-state index contributed by atoms with van der Waals surface area (Å²) in [6, 6.07) is 14.1. The van der Waals surface area contributed by atoms with Crippen LogP contribution in [0.5, 0.6) is 0 Å². The van der Waals surface area contributed by atoms with Crippen molar-refractivity contribution in [3.8, 4) is 0 Å². The molecule has 132 valence electrons. The van der Waals surface area contributed by atoms with Crippen molar-refractivity contribution in [3.05, 3.63) is 65.4 Å². The Labute approximate surface area is 155 Å². The van der Waals surface area contributed by atoms with Gasteiger partial charge in [-0.2, -0.15) is 0 Å². The molecule has 2 aromatic carbocycles. The third-order valence-electron chi connectivity index (χ3n) is 3.86. The molecular formula is C19H16N2O4S. The van der Waals surface area contributed by atoms with Gasteiger partial charge in [-0.3, -0.25) is 10.1 Å². The minimum atomic E-state index is -0.504. The second-order valence-electron chi connectivity index (χ2n) is 5.50. The fraction of sp³-hybridized carbons (Fsp3) is 0.105. The first kappa shape index (κ1) is 17.6. The zero-order valence-corrected chi connectivity index (χ0v) is 15.0. The summed E-state index contributed by atoms with van der Waals surface area (Å²) >= 11 is 5.18. The maximum atomic E-state index is 12.5. The Morgan fingerprint density at radius 2 is 1.77 bits per heavy atom. The number of para-hydroxylation sites is 2. The molecule has 0 bridgehead atoms. The van der Waals surface area contributed by atoms with E-state index < -0.39 is 11.9 Å². The molecule has 3 aromatic rings. The zero-order valence-electron chi connectivity index (χ0n) is 14.2. The predicted octanol–water partition coefficient (Wildman–Crippen LogP) is 3.65. The van der Waals surface area contributed by atoms with Gasteiger partial charge in [-0.05, 0) is 37.3 Å². The number of thiocarbonyl (C=S) groups is 1. The van der Waals surface area contributed by atoms with E-state index in [9.17, 15) is 9.59 Å². The maximum absolute atomic E-state index is 12.5. The molecule has 6 nitrogen and oxygen atoms in total. The highest BCUT2D eigenvalue weighted by molar-refractivity contribution is 7.80. The monoisotopic (exact) mass is 368 g/mol. The fourth-order valence-corrected chi connectivity index (χ4v) is 2.79. The van der Waals surface area contributed by atoms with Crippen LogP contribution in [0, 0.1) is 6.92 Å². The average molecular weight is 368 g/mol. The van der Waals surface area contributed by atoms with Gasteiger partial charge in [-0.25, -0.2) is 4.79 Å². The summed E-state index contributed by atoms with van der Waals surface area (Å²) in [6.45, 7) is 1.81. The number of amides is 1. The molecule has 3 rings (SSSR count). The molecule has 26 heavy (non-hydrogen) atoms. The molecule has 0 atom stereocenters. The van der Waals surface area contributed by atoms with Crippen molar-refractivity contribution in [2.24, 2.45) is 0 Å². The summed E-state index contributed by atoms with van der Waals surface area (Å²) in [5, 5.41) is 6.32. The number of aryl methyl sites for hydroxylation is 1. The van der Waals surface area contributed by atoms with Gasteiger partial charge >= 0.3 is 5.97 Å². The molecule has 0 saturated heterocycles. The van der Waals surface area contributed by atoms with Crippen LogP contribution in [0.25, 0.3) is 11.0 Å². The number of furan rings is 1. The summed E-state index contributed by atoms with van der Waals surface area (Å²) in [4.78, 5) is 24.3. The Morgan fingerprint density at radius 1 is 1.08 bits per heavy atom. The molecule has 0 unspecified atom stereocenters. The number of hydrogen-bond acceptors (Lipinski definition) is 5. The van der Waals surface area contributed by atoms with Crippen LogP contribution < -0.4 is 10.6 Å². The normalized spacial score (nSPS) is 10.4. The van der Waals surface area contributed by atoms with Crippen LogP contribution in [0.1, 0.15) is 26.5 Å². The van der Waals surface area contributed by atoms with Crippen molar-refractivity contribution in [1.82, 2.24) is 5.32 Å². The quantitative estimate of drug-likeness (QED) is 0.542. The largest absolute Gasteiger partial charge is 0.465 e. The number of carbonyl (C=O) groups is 2. The number of benzene rings is 2. The maximum Gasteiger partial charge on any atom is 0.339 e. The first-order chi connectivity index (χ1) is 12.5. The van der Waals surface area contributed by atoms with Crippen LogP contribution in [0.3, 0.4) is 0 Å². The topological polar surface area (TPSA) is 80.6 Å². The van der Waals surface area contributed by atoms with E-state index in [1.54, 1.807) is 30.3 Å². The van der Waals surface area contributed by atoms with E-state index in [1.807, 2.05) is 25.1 Å². The minimum absolute atomic E-state index is 0.0474. The van der Waals surface area contributed by atoms with Crippen LogP contribution in [0.4, 0.5) is 5.69 Å². The minimum Gasteiger partial charge on any atom is -0.465 e. The van der Waals surface area contributed by atoms with E-state index in [0.29, 0.717) is 16.8 Å². The van der Waals surface area contributed by atoms with Gasteiger partial charge in [0.25, 0.3) is 5.91 Å². The molecule has 0 spiro atoms. The molecule has 0 aliphatic rings. The van der Waals surface area contributed by atoms with Crippen molar-refractivity contribution in [2.45, 2.75) is 6.92 Å². The number of anilines is 1. The molecule has 1 aromatic heterocycles. The Hall–Kier alpha value is -3.19. The second-order valence-corrected chi connectivity index (χ2v) is 5.91. The van der Waals surface area contributed by atoms with E-state index in [4.69, 9.17) is 21.4 Å². The Kier molecular flexibility index (Phi) is 4.99. The molecule has 1 heterocycles. The molecule has 7 heteroatoms. The smallest absolute Gasteiger partial charge is 0.339 e. The van der Waals surface area contributed by atoms with E-state index in [1.165, 1.54) is 7.11 Å². The SMILES string of the molecule is COC(=O)c1ccccc1NC(=S)NC(=O)c1oc2ccccc2c1C. The Morgan fingerprint density at radius 3 is 2.50 bits per heavy atom. The first-order valence-electron chi connectivity index (χ1n) is 7.79. The highest BCUT2D eigenvalue weighted by atomic mass is 32.1. The molecule has 0 fully saturated rings. The lowest BCUT2D eigenvalue weighted by Crippen LogP contribution is -2.34. The van der Waals surface area contributed by atoms with Crippen molar-refractivity contribution >= 4 is 45.9 Å². The number of hydrogen-bond donors (Lipinski definition) is 2. The van der Waals surface area contributed by atoms with Gasteiger partial charge < -0.3 is 14.5 Å². The molecule has 0 radical (unpaired) electrons. The second kappa shape index (κ2) is 7.37. The molecule has 0 aliphatic carbocycles. The summed E-state index contributed by atoms with van der Waals surface area (Å²) in [7, 11) is 1.30. The number of methoxy groups -OCH3 is 1. The number of carbonyl (C=O) groups excluding carboxylic acids is 2. The van der Waals surface area contributed by atoms with Gasteiger partial charge in [0.15, 0.2) is 10.9 Å². The van der Waals surface area contributed by atoms with Crippen LogP contribution >= 0.6 is 12.2 Å². The number of nitrogens with one attached hydrogen (secondary N) is 2. The van der Waals surface area contributed by atoms with Crippen molar-refractivity contribution in [3.63, 3.8) is 0 Å². The average Bonchev–Trinajstić information content (AvgIpc) is 2.98. The summed E-state index contributed by atoms with van der Waals surface area (Å²) in [6.07, 6.45) is 0. The Bertz CT molecular complexity index is 1010. The molecule has 0 aliphatic heterocycles. The third kappa shape index (κ3) is 3.43. The van der Waals surface area contributed by atoms with Crippen LogP contribution in [0.15, 0.2) is 52.9 Å². The number of fused-ring (bicyclic) bond motifs is 1. The number of ether oxygens (including phenoxy) is 1. The first-order valence-corrected chi connectivity index (χ1v) is 8.20. The highest BCUT2D eigenvalue weighted by Gasteiger charge is 2.19. The fourth-order valence-electron chi connectivity index (χ4n) is 2.58. The predicted molar refractivity (Wildman–Crippen MR) is 102 cm³/mol. The van der Waals surface area contributed by atoms with E-state index >= 15 is 0 Å². The number of esters is 1. The van der Waals surface area contributed by atoms with Gasteiger partial charge in [-0.15, -0.1) is 0 Å². The lowest BCUT2D eigenvalue weighted by molar-refractivity contribution is 0.0602. The van der Waals surface area contributed by atoms with E-state index in [2.05, 4.69) is 10.6 Å². The zero-order chi connectivity index (χ0) is 18.7. The third-order valence-corrected chi connectivity index (χ3v) is 4.06. The van der Waals surface area contributed by atoms with E-state index in [-0.39, 0.29) is 10.9 Å². The molecule has 0 saturated carbocycles. The Balaban J connectivity index is 1.77. The van der Waals surface area contributed by atoms with Gasteiger partial charge in [0.05, 0.1) is 18.4 Å². The van der Waals surface area contributed by atoms with Gasteiger partial charge in [0.1, 0.15) is 5.58 Å². The molecule has 1 amide bonds. The highest BCUT2D eigenvalue weighted by Crippen LogP contribution is 2.24.